The molecule has 14 heavy (non-hydrogen) atoms. The van der Waals surface area contributed by atoms with Crippen LogP contribution in [0.1, 0.15) is 17.3 Å². The minimum Gasteiger partial charge on any atom is -0.398 e. The average Bonchev–Trinajstić information content (AvgIpc) is 2.20. The normalized spacial score (nSPS) is 9.86. The molecule has 1 aromatic carbocycles. The highest BCUT2D eigenvalue weighted by Crippen LogP contribution is 2.25. The smallest absolute Gasteiger partial charge is 0.251 e. The number of thioether (sulfide) groups is 1. The first kappa shape index (κ1) is 10.9. The molecule has 0 radical (unpaired) electrons. The van der Waals surface area contributed by atoms with E-state index in [9.17, 15) is 4.79 Å². The van der Waals surface area contributed by atoms with E-state index in [0.717, 1.165) is 10.6 Å². The Morgan fingerprint density at radius 1 is 1.57 bits per heavy atom. The summed E-state index contributed by atoms with van der Waals surface area (Å²) in [6, 6.07) is 5.37. The Morgan fingerprint density at radius 2 is 2.29 bits per heavy atom. The molecule has 76 valence electrons. The summed E-state index contributed by atoms with van der Waals surface area (Å²) < 4.78 is 0. The zero-order chi connectivity index (χ0) is 10.6. The monoisotopic (exact) mass is 210 g/mol. The van der Waals surface area contributed by atoms with E-state index < -0.39 is 0 Å². The van der Waals surface area contributed by atoms with Gasteiger partial charge in [0.1, 0.15) is 0 Å². The molecule has 0 aliphatic carbocycles. The van der Waals surface area contributed by atoms with Gasteiger partial charge in [0.25, 0.3) is 5.91 Å². The van der Waals surface area contributed by atoms with E-state index in [1.165, 1.54) is 0 Å². The standard InChI is InChI=1S/C10H14N2OS/c1-3-14-9-5-4-7(6-8(9)11)10(13)12-2/h4-6H,3,11H2,1-2H3,(H,12,13). The summed E-state index contributed by atoms with van der Waals surface area (Å²) in [6.07, 6.45) is 0. The molecular weight excluding hydrogens is 196 g/mol. The molecule has 1 amide bonds. The Labute approximate surface area is 88.1 Å². The number of anilines is 1. The molecule has 0 saturated heterocycles. The van der Waals surface area contributed by atoms with E-state index >= 15 is 0 Å². The molecule has 1 rings (SSSR count). The third kappa shape index (κ3) is 2.42. The predicted molar refractivity (Wildman–Crippen MR) is 60.6 cm³/mol. The van der Waals surface area contributed by atoms with Crippen molar-refractivity contribution in [2.24, 2.45) is 0 Å². The van der Waals surface area contributed by atoms with Gasteiger partial charge in [0.05, 0.1) is 0 Å². The predicted octanol–water partition coefficient (Wildman–Crippen LogP) is 1.74. The number of hydrogen-bond acceptors (Lipinski definition) is 3. The molecule has 0 spiro atoms. The van der Waals surface area contributed by atoms with Crippen LogP contribution in [0, 0.1) is 0 Å². The summed E-state index contributed by atoms with van der Waals surface area (Å²) in [5.74, 6) is 0.869. The fourth-order valence-electron chi connectivity index (χ4n) is 1.12. The molecule has 3 N–H and O–H groups in total. The van der Waals surface area contributed by atoms with Gasteiger partial charge in [-0.1, -0.05) is 6.92 Å². The first-order chi connectivity index (χ1) is 6.69. The number of nitrogens with one attached hydrogen (secondary N) is 1. The lowest BCUT2D eigenvalue weighted by Crippen LogP contribution is -2.17. The van der Waals surface area contributed by atoms with E-state index in [1.54, 1.807) is 30.9 Å². The van der Waals surface area contributed by atoms with Gasteiger partial charge in [-0.25, -0.2) is 0 Å². The SMILES string of the molecule is CCSc1ccc(C(=O)NC)cc1N. The van der Waals surface area contributed by atoms with Crippen molar-refractivity contribution in [3.8, 4) is 0 Å². The third-order valence-electron chi connectivity index (χ3n) is 1.80. The molecule has 0 aromatic heterocycles. The Kier molecular flexibility index (Phi) is 3.83. The molecule has 4 heteroatoms. The van der Waals surface area contributed by atoms with Crippen molar-refractivity contribution in [3.63, 3.8) is 0 Å². The van der Waals surface area contributed by atoms with Crippen LogP contribution in [-0.4, -0.2) is 18.7 Å². The van der Waals surface area contributed by atoms with E-state index in [1.807, 2.05) is 6.07 Å². The fraction of sp³-hybridized carbons (Fsp3) is 0.300. The van der Waals surface area contributed by atoms with Crippen LogP contribution in [0.4, 0.5) is 5.69 Å². The van der Waals surface area contributed by atoms with Crippen LogP contribution in [0.25, 0.3) is 0 Å². The molecular formula is C10H14N2OS. The zero-order valence-electron chi connectivity index (χ0n) is 8.33. The minimum atomic E-state index is -0.107. The summed E-state index contributed by atoms with van der Waals surface area (Å²) >= 11 is 1.67. The summed E-state index contributed by atoms with van der Waals surface area (Å²) in [7, 11) is 1.60. The van der Waals surface area contributed by atoms with Gasteiger partial charge in [0, 0.05) is 23.2 Å². The van der Waals surface area contributed by atoms with Gasteiger partial charge < -0.3 is 11.1 Å². The number of benzene rings is 1. The van der Waals surface area contributed by atoms with Gasteiger partial charge in [-0.15, -0.1) is 11.8 Å². The number of hydrogen-bond donors (Lipinski definition) is 2. The van der Waals surface area contributed by atoms with Crippen molar-refractivity contribution in [3.05, 3.63) is 23.8 Å². The van der Waals surface area contributed by atoms with Gasteiger partial charge in [-0.05, 0) is 24.0 Å². The molecule has 1 aromatic rings. The maximum absolute atomic E-state index is 11.3. The second-order valence-corrected chi connectivity index (χ2v) is 4.07. The van der Waals surface area contributed by atoms with Crippen molar-refractivity contribution in [1.82, 2.24) is 5.32 Å². The molecule has 0 aliphatic rings. The molecule has 0 fully saturated rings. The second kappa shape index (κ2) is 4.91. The molecule has 0 aliphatic heterocycles. The lowest BCUT2D eigenvalue weighted by atomic mass is 10.2. The zero-order valence-corrected chi connectivity index (χ0v) is 9.15. The number of nitrogens with two attached hydrogens (primary N) is 1. The fourth-order valence-corrected chi connectivity index (χ4v) is 1.82. The van der Waals surface area contributed by atoms with E-state index in [0.29, 0.717) is 11.3 Å². The maximum atomic E-state index is 11.3. The summed E-state index contributed by atoms with van der Waals surface area (Å²) in [6.45, 7) is 2.07. The van der Waals surface area contributed by atoms with Gasteiger partial charge >= 0.3 is 0 Å². The number of amides is 1. The molecule has 0 saturated carbocycles. The quantitative estimate of drug-likeness (QED) is 0.590. The van der Waals surface area contributed by atoms with Crippen LogP contribution < -0.4 is 11.1 Å². The molecule has 0 unspecified atom stereocenters. The highest BCUT2D eigenvalue weighted by molar-refractivity contribution is 7.99. The molecule has 0 bridgehead atoms. The summed E-state index contributed by atoms with van der Waals surface area (Å²) in [4.78, 5) is 12.3. The van der Waals surface area contributed by atoms with Crippen LogP contribution >= 0.6 is 11.8 Å². The van der Waals surface area contributed by atoms with Crippen molar-refractivity contribution in [1.29, 1.82) is 0 Å². The summed E-state index contributed by atoms with van der Waals surface area (Å²) in [5.41, 5.74) is 7.07. The van der Waals surface area contributed by atoms with Crippen molar-refractivity contribution in [2.75, 3.05) is 18.5 Å². The van der Waals surface area contributed by atoms with Gasteiger partial charge in [0.2, 0.25) is 0 Å². The second-order valence-electron chi connectivity index (χ2n) is 2.76. The maximum Gasteiger partial charge on any atom is 0.251 e. The van der Waals surface area contributed by atoms with Crippen molar-refractivity contribution < 1.29 is 4.79 Å². The molecule has 3 nitrogen and oxygen atoms in total. The topological polar surface area (TPSA) is 55.1 Å². The lowest BCUT2D eigenvalue weighted by Gasteiger charge is -2.05. The van der Waals surface area contributed by atoms with Crippen LogP contribution in [-0.2, 0) is 0 Å². The largest absolute Gasteiger partial charge is 0.398 e. The van der Waals surface area contributed by atoms with Gasteiger partial charge in [-0.2, -0.15) is 0 Å². The number of carbonyl (C=O) groups excluding carboxylic acids is 1. The van der Waals surface area contributed by atoms with E-state index in [-0.39, 0.29) is 5.91 Å². The Balaban J connectivity index is 2.94. The number of nitrogen functional groups attached to an aromatic ring is 1. The lowest BCUT2D eigenvalue weighted by molar-refractivity contribution is 0.0963. The Morgan fingerprint density at radius 3 is 2.79 bits per heavy atom. The van der Waals surface area contributed by atoms with E-state index in [2.05, 4.69) is 12.2 Å². The molecule has 0 heterocycles. The minimum absolute atomic E-state index is 0.107. The summed E-state index contributed by atoms with van der Waals surface area (Å²) in [5, 5.41) is 2.56. The van der Waals surface area contributed by atoms with Gasteiger partial charge in [0.15, 0.2) is 0 Å². The van der Waals surface area contributed by atoms with Crippen LogP contribution in [0.3, 0.4) is 0 Å². The van der Waals surface area contributed by atoms with Crippen molar-refractivity contribution in [2.45, 2.75) is 11.8 Å². The molecule has 0 atom stereocenters. The van der Waals surface area contributed by atoms with Crippen LogP contribution in [0.2, 0.25) is 0 Å². The number of rotatable bonds is 3. The first-order valence-electron chi connectivity index (χ1n) is 4.43. The first-order valence-corrected chi connectivity index (χ1v) is 5.42. The highest BCUT2D eigenvalue weighted by Gasteiger charge is 2.05. The Hall–Kier alpha value is -1.16. The van der Waals surface area contributed by atoms with E-state index in [4.69, 9.17) is 5.73 Å². The highest BCUT2D eigenvalue weighted by atomic mass is 32.2. The van der Waals surface area contributed by atoms with Crippen LogP contribution in [0.5, 0.6) is 0 Å². The Bertz CT molecular complexity index is 339. The third-order valence-corrected chi connectivity index (χ3v) is 2.77. The van der Waals surface area contributed by atoms with Gasteiger partial charge in [-0.3, -0.25) is 4.79 Å². The average molecular weight is 210 g/mol. The van der Waals surface area contributed by atoms with Crippen molar-refractivity contribution >= 4 is 23.4 Å². The number of carbonyl (C=O) groups is 1. The van der Waals surface area contributed by atoms with Crippen LogP contribution in [0.15, 0.2) is 23.1 Å².